The van der Waals surface area contributed by atoms with Crippen LogP contribution in [-0.4, -0.2) is 42.9 Å². The molecular formula is C20H21NO4. The first-order chi connectivity index (χ1) is 12.2. The van der Waals surface area contributed by atoms with Gasteiger partial charge in [0.05, 0.1) is 18.6 Å². The van der Waals surface area contributed by atoms with E-state index in [-0.39, 0.29) is 11.4 Å². The predicted octanol–water partition coefficient (Wildman–Crippen LogP) is 2.92. The van der Waals surface area contributed by atoms with E-state index in [2.05, 4.69) is 11.0 Å². The molecule has 1 fully saturated rings. The minimum atomic E-state index is -0.358. The lowest BCUT2D eigenvalue weighted by Gasteiger charge is -2.26. The molecule has 25 heavy (non-hydrogen) atoms. The third-order valence-electron chi connectivity index (χ3n) is 4.81. The van der Waals surface area contributed by atoms with Crippen LogP contribution in [0.15, 0.2) is 45.6 Å². The van der Waals surface area contributed by atoms with Crippen LogP contribution in [0.1, 0.15) is 12.0 Å². The van der Waals surface area contributed by atoms with Gasteiger partial charge in [-0.25, -0.2) is 4.79 Å². The molecule has 3 aromatic rings. The van der Waals surface area contributed by atoms with E-state index in [9.17, 15) is 9.90 Å². The average Bonchev–Trinajstić information content (AvgIpc) is 2.63. The Morgan fingerprint density at radius 3 is 2.64 bits per heavy atom. The summed E-state index contributed by atoms with van der Waals surface area (Å²) in [6.45, 7) is 4.69. The first-order valence-corrected chi connectivity index (χ1v) is 8.69. The zero-order valence-electron chi connectivity index (χ0n) is 14.0. The van der Waals surface area contributed by atoms with Crippen LogP contribution in [0.25, 0.3) is 21.7 Å². The van der Waals surface area contributed by atoms with Crippen molar-refractivity contribution in [2.45, 2.75) is 12.8 Å². The zero-order chi connectivity index (χ0) is 17.2. The van der Waals surface area contributed by atoms with Gasteiger partial charge in [0.25, 0.3) is 0 Å². The van der Waals surface area contributed by atoms with Crippen LogP contribution in [0.4, 0.5) is 0 Å². The molecule has 0 aliphatic carbocycles. The number of phenols is 1. The van der Waals surface area contributed by atoms with Crippen LogP contribution >= 0.6 is 0 Å². The molecule has 2 aromatic carbocycles. The van der Waals surface area contributed by atoms with Gasteiger partial charge in [-0.05, 0) is 48.5 Å². The Bertz CT molecular complexity index is 957. The molecule has 4 rings (SSSR count). The topological polar surface area (TPSA) is 62.9 Å². The molecule has 0 saturated carbocycles. The lowest BCUT2D eigenvalue weighted by molar-refractivity contribution is 0.0375. The first-order valence-electron chi connectivity index (χ1n) is 8.69. The van der Waals surface area contributed by atoms with Gasteiger partial charge in [-0.15, -0.1) is 0 Å². The van der Waals surface area contributed by atoms with Crippen molar-refractivity contribution in [1.82, 2.24) is 4.90 Å². The van der Waals surface area contributed by atoms with Gasteiger partial charge in [0, 0.05) is 24.5 Å². The number of nitrogens with zero attached hydrogens (tertiary/aromatic N) is 1. The molecule has 0 spiro atoms. The number of fused-ring (bicyclic) bond motifs is 3. The van der Waals surface area contributed by atoms with Gasteiger partial charge in [-0.1, -0.05) is 12.1 Å². The zero-order valence-corrected chi connectivity index (χ0v) is 14.0. The van der Waals surface area contributed by atoms with Crippen molar-refractivity contribution in [1.29, 1.82) is 0 Å². The molecule has 5 heteroatoms. The number of aryl methyl sites for hydroxylation is 1. The summed E-state index contributed by atoms with van der Waals surface area (Å²) in [5.41, 5.74) is 1.20. The van der Waals surface area contributed by atoms with Crippen LogP contribution in [-0.2, 0) is 11.2 Å². The van der Waals surface area contributed by atoms with Crippen molar-refractivity contribution >= 4 is 21.7 Å². The first kappa shape index (κ1) is 16.1. The SMILES string of the molecule is O=c1oc2cc(O)ccc2c2ccc(CCCN3CCOCC3)cc12. The fourth-order valence-corrected chi connectivity index (χ4v) is 3.46. The highest BCUT2D eigenvalue weighted by molar-refractivity contribution is 6.04. The number of morpholine rings is 1. The van der Waals surface area contributed by atoms with Gasteiger partial charge < -0.3 is 14.3 Å². The molecule has 1 N–H and O–H groups in total. The van der Waals surface area contributed by atoms with Gasteiger partial charge in [-0.3, -0.25) is 4.90 Å². The number of benzene rings is 2. The fourth-order valence-electron chi connectivity index (χ4n) is 3.46. The van der Waals surface area contributed by atoms with Crippen molar-refractivity contribution in [3.05, 3.63) is 52.4 Å². The van der Waals surface area contributed by atoms with E-state index in [4.69, 9.17) is 9.15 Å². The monoisotopic (exact) mass is 339 g/mol. The minimum absolute atomic E-state index is 0.0923. The van der Waals surface area contributed by atoms with Gasteiger partial charge in [0.1, 0.15) is 11.3 Å². The number of rotatable bonds is 4. The van der Waals surface area contributed by atoms with Gasteiger partial charge in [0.15, 0.2) is 0 Å². The van der Waals surface area contributed by atoms with Gasteiger partial charge in [0.2, 0.25) is 0 Å². The molecule has 1 aliphatic rings. The predicted molar refractivity (Wildman–Crippen MR) is 97.2 cm³/mol. The van der Waals surface area contributed by atoms with Crippen LogP contribution in [0.5, 0.6) is 5.75 Å². The highest BCUT2D eigenvalue weighted by Gasteiger charge is 2.11. The van der Waals surface area contributed by atoms with E-state index in [0.29, 0.717) is 11.0 Å². The molecule has 0 atom stereocenters. The van der Waals surface area contributed by atoms with E-state index < -0.39 is 0 Å². The summed E-state index contributed by atoms with van der Waals surface area (Å²) in [4.78, 5) is 14.7. The molecule has 1 aromatic heterocycles. The summed E-state index contributed by atoms with van der Waals surface area (Å²) in [6, 6.07) is 10.9. The second-order valence-electron chi connectivity index (χ2n) is 6.51. The second-order valence-corrected chi connectivity index (χ2v) is 6.51. The van der Waals surface area contributed by atoms with Gasteiger partial charge >= 0.3 is 5.63 Å². The summed E-state index contributed by atoms with van der Waals surface area (Å²) >= 11 is 0. The average molecular weight is 339 g/mol. The molecule has 0 amide bonds. The van der Waals surface area contributed by atoms with Crippen molar-refractivity contribution in [3.8, 4) is 5.75 Å². The Labute approximate surface area is 145 Å². The Hall–Kier alpha value is -2.37. The highest BCUT2D eigenvalue weighted by Crippen LogP contribution is 2.26. The van der Waals surface area contributed by atoms with Crippen LogP contribution in [0.2, 0.25) is 0 Å². The van der Waals surface area contributed by atoms with Crippen molar-refractivity contribution in [2.75, 3.05) is 32.8 Å². The third kappa shape index (κ3) is 3.38. The molecule has 0 bridgehead atoms. The van der Waals surface area contributed by atoms with E-state index in [1.165, 1.54) is 6.07 Å². The van der Waals surface area contributed by atoms with E-state index in [1.54, 1.807) is 12.1 Å². The number of aromatic hydroxyl groups is 1. The lowest BCUT2D eigenvalue weighted by Crippen LogP contribution is -2.36. The maximum Gasteiger partial charge on any atom is 0.344 e. The minimum Gasteiger partial charge on any atom is -0.508 e. The largest absolute Gasteiger partial charge is 0.508 e. The summed E-state index contributed by atoms with van der Waals surface area (Å²) in [7, 11) is 0. The molecule has 5 nitrogen and oxygen atoms in total. The molecule has 2 heterocycles. The summed E-state index contributed by atoms with van der Waals surface area (Å²) < 4.78 is 10.7. The smallest absolute Gasteiger partial charge is 0.344 e. The quantitative estimate of drug-likeness (QED) is 0.585. The standard InChI is InChI=1S/C20H21NO4/c22-15-4-6-17-16-5-3-14(2-1-7-21-8-10-24-11-9-21)12-18(16)20(23)25-19(17)13-15/h3-6,12-13,22H,1-2,7-11H2. The van der Waals surface area contributed by atoms with E-state index >= 15 is 0 Å². The maximum absolute atomic E-state index is 12.3. The van der Waals surface area contributed by atoms with Crippen LogP contribution < -0.4 is 5.63 Å². The Balaban J connectivity index is 1.57. The number of ether oxygens (including phenoxy) is 1. The summed E-state index contributed by atoms with van der Waals surface area (Å²) in [5, 5.41) is 11.9. The van der Waals surface area contributed by atoms with Crippen molar-refractivity contribution in [3.63, 3.8) is 0 Å². The number of phenolic OH excluding ortho intramolecular Hbond substituents is 1. The maximum atomic E-state index is 12.3. The van der Waals surface area contributed by atoms with E-state index in [1.807, 2.05) is 12.1 Å². The number of hydrogen-bond donors (Lipinski definition) is 1. The van der Waals surface area contributed by atoms with Crippen LogP contribution in [0, 0.1) is 0 Å². The molecule has 130 valence electrons. The van der Waals surface area contributed by atoms with Crippen molar-refractivity contribution in [2.24, 2.45) is 0 Å². The normalized spacial score (nSPS) is 15.8. The Morgan fingerprint density at radius 1 is 1.00 bits per heavy atom. The second kappa shape index (κ2) is 6.86. The third-order valence-corrected chi connectivity index (χ3v) is 4.81. The Kier molecular flexibility index (Phi) is 4.42. The molecule has 1 saturated heterocycles. The summed E-state index contributed by atoms with van der Waals surface area (Å²) in [6.07, 6.45) is 1.98. The molecule has 0 unspecified atom stereocenters. The van der Waals surface area contributed by atoms with Crippen LogP contribution in [0.3, 0.4) is 0 Å². The van der Waals surface area contributed by atoms with E-state index in [0.717, 1.165) is 62.0 Å². The molecule has 1 aliphatic heterocycles. The summed E-state index contributed by atoms with van der Waals surface area (Å²) in [5.74, 6) is 0.0923. The van der Waals surface area contributed by atoms with Gasteiger partial charge in [-0.2, -0.15) is 0 Å². The fraction of sp³-hybridized carbons (Fsp3) is 0.350. The lowest BCUT2D eigenvalue weighted by atomic mass is 10.0. The number of hydrogen-bond acceptors (Lipinski definition) is 5. The molecular weight excluding hydrogens is 318 g/mol. The Morgan fingerprint density at radius 2 is 1.80 bits per heavy atom. The van der Waals surface area contributed by atoms with Crippen molar-refractivity contribution < 1.29 is 14.3 Å². The molecule has 0 radical (unpaired) electrons. The highest BCUT2D eigenvalue weighted by atomic mass is 16.5.